The fourth-order valence-electron chi connectivity index (χ4n) is 2.47. The van der Waals surface area contributed by atoms with Crippen molar-refractivity contribution in [2.75, 3.05) is 19.8 Å². The highest BCUT2D eigenvalue weighted by Gasteiger charge is 2.34. The fourth-order valence-corrected chi connectivity index (χ4v) is 3.88. The molecule has 122 valence electrons. The summed E-state index contributed by atoms with van der Waals surface area (Å²) in [5.74, 6) is -0.283. The lowest BCUT2D eigenvalue weighted by Gasteiger charge is -2.34. The first-order chi connectivity index (χ1) is 11.2. The van der Waals surface area contributed by atoms with Crippen LogP contribution in [0.1, 0.15) is 9.75 Å². The number of nitrogens with one attached hydrogen (secondary N) is 1. The van der Waals surface area contributed by atoms with E-state index in [2.05, 4.69) is 5.32 Å². The molecular formula is C16H18N2O3S2. The Morgan fingerprint density at radius 3 is 2.70 bits per heavy atom. The number of thiophene rings is 2. The molecule has 2 aromatic rings. The third-order valence-electron chi connectivity index (χ3n) is 3.66. The zero-order valence-electron chi connectivity index (χ0n) is 12.6. The van der Waals surface area contributed by atoms with E-state index in [1.165, 1.54) is 4.88 Å². The van der Waals surface area contributed by atoms with Gasteiger partial charge in [0.2, 0.25) is 11.8 Å². The summed E-state index contributed by atoms with van der Waals surface area (Å²) in [6, 6.07) is 7.41. The van der Waals surface area contributed by atoms with Gasteiger partial charge in [0.15, 0.2) is 0 Å². The van der Waals surface area contributed by atoms with Crippen LogP contribution in [0.2, 0.25) is 0 Å². The second kappa shape index (κ2) is 7.72. The molecule has 3 heterocycles. The van der Waals surface area contributed by atoms with E-state index in [1.54, 1.807) is 27.6 Å². The molecule has 0 saturated carbocycles. The molecule has 1 aliphatic rings. The number of rotatable bonds is 6. The first-order valence-electron chi connectivity index (χ1n) is 7.44. The Labute approximate surface area is 142 Å². The van der Waals surface area contributed by atoms with Crippen molar-refractivity contribution in [3.8, 4) is 0 Å². The molecule has 0 aliphatic carbocycles. The molecule has 0 bridgehead atoms. The Hall–Kier alpha value is -1.70. The lowest BCUT2D eigenvalue weighted by molar-refractivity contribution is -0.155. The standard InChI is InChI=1S/C16H18N2O3S2/c19-15-11-21-10-14(18(15)9-13-4-2-8-23-13)16(20)17-6-5-12-3-1-7-22-12/h1-4,7-8,14H,5-6,9-11H2,(H,17,20). The Bertz CT molecular complexity index is 640. The van der Waals surface area contributed by atoms with E-state index in [1.807, 2.05) is 35.0 Å². The van der Waals surface area contributed by atoms with E-state index < -0.39 is 6.04 Å². The maximum atomic E-state index is 12.4. The second-order valence-electron chi connectivity index (χ2n) is 5.25. The summed E-state index contributed by atoms with van der Waals surface area (Å²) in [5.41, 5.74) is 0. The van der Waals surface area contributed by atoms with Gasteiger partial charge >= 0.3 is 0 Å². The molecule has 1 N–H and O–H groups in total. The summed E-state index contributed by atoms with van der Waals surface area (Å²) < 4.78 is 5.27. The van der Waals surface area contributed by atoms with Gasteiger partial charge < -0.3 is 15.0 Å². The van der Waals surface area contributed by atoms with Gasteiger partial charge in [0, 0.05) is 16.3 Å². The predicted octanol–water partition coefficient (Wildman–Crippen LogP) is 1.90. The SMILES string of the molecule is O=C(NCCc1cccs1)C1COCC(=O)N1Cc1cccs1. The van der Waals surface area contributed by atoms with Crippen LogP contribution in [0.15, 0.2) is 35.0 Å². The largest absolute Gasteiger partial charge is 0.369 e. The lowest BCUT2D eigenvalue weighted by Crippen LogP contribution is -2.56. The molecule has 0 radical (unpaired) electrons. The van der Waals surface area contributed by atoms with Crippen molar-refractivity contribution in [1.29, 1.82) is 0 Å². The van der Waals surface area contributed by atoms with Crippen molar-refractivity contribution < 1.29 is 14.3 Å². The van der Waals surface area contributed by atoms with Crippen LogP contribution in [-0.4, -0.2) is 42.5 Å². The van der Waals surface area contributed by atoms with Crippen LogP contribution in [0, 0.1) is 0 Å². The van der Waals surface area contributed by atoms with Crippen LogP contribution < -0.4 is 5.32 Å². The van der Waals surface area contributed by atoms with Crippen molar-refractivity contribution >= 4 is 34.5 Å². The molecular weight excluding hydrogens is 332 g/mol. The molecule has 7 heteroatoms. The summed E-state index contributed by atoms with van der Waals surface area (Å²) in [7, 11) is 0. The molecule has 5 nitrogen and oxygen atoms in total. The van der Waals surface area contributed by atoms with Crippen LogP contribution in [0.3, 0.4) is 0 Å². The quantitative estimate of drug-likeness (QED) is 0.866. The lowest BCUT2D eigenvalue weighted by atomic mass is 10.2. The topological polar surface area (TPSA) is 58.6 Å². The summed E-state index contributed by atoms with van der Waals surface area (Å²) in [6.45, 7) is 1.33. The molecule has 3 rings (SSSR count). The highest BCUT2D eigenvalue weighted by atomic mass is 32.1. The van der Waals surface area contributed by atoms with Crippen LogP contribution in [0.5, 0.6) is 0 Å². The van der Waals surface area contributed by atoms with Crippen LogP contribution in [0.4, 0.5) is 0 Å². The van der Waals surface area contributed by atoms with Gasteiger partial charge in [-0.3, -0.25) is 9.59 Å². The molecule has 1 aliphatic heterocycles. The molecule has 1 atom stereocenters. The number of nitrogens with zero attached hydrogens (tertiary/aromatic N) is 1. The Kier molecular flexibility index (Phi) is 5.43. The first-order valence-corrected chi connectivity index (χ1v) is 9.19. The van der Waals surface area contributed by atoms with Crippen molar-refractivity contribution in [3.63, 3.8) is 0 Å². The van der Waals surface area contributed by atoms with Crippen molar-refractivity contribution in [2.24, 2.45) is 0 Å². The molecule has 0 aromatic carbocycles. The van der Waals surface area contributed by atoms with E-state index in [4.69, 9.17) is 4.74 Å². The van der Waals surface area contributed by atoms with Gasteiger partial charge in [0.25, 0.3) is 0 Å². The Morgan fingerprint density at radius 1 is 1.26 bits per heavy atom. The zero-order valence-corrected chi connectivity index (χ0v) is 14.2. The maximum Gasteiger partial charge on any atom is 0.249 e. The smallest absolute Gasteiger partial charge is 0.249 e. The summed E-state index contributed by atoms with van der Waals surface area (Å²) >= 11 is 3.26. The summed E-state index contributed by atoms with van der Waals surface area (Å²) in [4.78, 5) is 28.5. The average Bonchev–Trinajstić information content (AvgIpc) is 3.22. The zero-order chi connectivity index (χ0) is 16.1. The first kappa shape index (κ1) is 16.2. The molecule has 2 amide bonds. The van der Waals surface area contributed by atoms with Gasteiger partial charge in [-0.05, 0) is 29.3 Å². The highest BCUT2D eigenvalue weighted by molar-refractivity contribution is 7.10. The third-order valence-corrected chi connectivity index (χ3v) is 5.45. The van der Waals surface area contributed by atoms with E-state index >= 15 is 0 Å². The Morgan fingerprint density at radius 2 is 2.00 bits per heavy atom. The second-order valence-corrected chi connectivity index (χ2v) is 7.32. The Balaban J connectivity index is 1.58. The molecule has 0 spiro atoms. The molecule has 1 saturated heterocycles. The minimum atomic E-state index is -0.554. The molecule has 23 heavy (non-hydrogen) atoms. The van der Waals surface area contributed by atoms with Crippen molar-refractivity contribution in [1.82, 2.24) is 10.2 Å². The average molecular weight is 350 g/mol. The van der Waals surface area contributed by atoms with Gasteiger partial charge in [0.1, 0.15) is 12.6 Å². The predicted molar refractivity (Wildman–Crippen MR) is 90.5 cm³/mol. The number of hydrogen-bond acceptors (Lipinski definition) is 5. The van der Waals surface area contributed by atoms with E-state index in [-0.39, 0.29) is 25.0 Å². The number of carbonyl (C=O) groups excluding carboxylic acids is 2. The van der Waals surface area contributed by atoms with Gasteiger partial charge in [0.05, 0.1) is 13.2 Å². The molecule has 1 unspecified atom stereocenters. The third kappa shape index (κ3) is 4.19. The van der Waals surface area contributed by atoms with Crippen LogP contribution >= 0.6 is 22.7 Å². The van der Waals surface area contributed by atoms with Gasteiger partial charge in [-0.1, -0.05) is 12.1 Å². The van der Waals surface area contributed by atoms with E-state index in [0.29, 0.717) is 13.1 Å². The molecule has 1 fully saturated rings. The number of amides is 2. The number of carbonyl (C=O) groups is 2. The van der Waals surface area contributed by atoms with Gasteiger partial charge in [-0.2, -0.15) is 0 Å². The summed E-state index contributed by atoms with van der Waals surface area (Å²) in [6.07, 6.45) is 0.801. The van der Waals surface area contributed by atoms with E-state index in [0.717, 1.165) is 11.3 Å². The minimum absolute atomic E-state index is 0.0460. The van der Waals surface area contributed by atoms with Gasteiger partial charge in [-0.15, -0.1) is 22.7 Å². The number of morpholine rings is 1. The van der Waals surface area contributed by atoms with Crippen LogP contribution in [-0.2, 0) is 27.3 Å². The molecule has 2 aromatic heterocycles. The van der Waals surface area contributed by atoms with Crippen molar-refractivity contribution in [3.05, 3.63) is 44.8 Å². The fraction of sp³-hybridized carbons (Fsp3) is 0.375. The van der Waals surface area contributed by atoms with Crippen LogP contribution in [0.25, 0.3) is 0 Å². The highest BCUT2D eigenvalue weighted by Crippen LogP contribution is 2.17. The van der Waals surface area contributed by atoms with E-state index in [9.17, 15) is 9.59 Å². The van der Waals surface area contributed by atoms with Gasteiger partial charge in [-0.25, -0.2) is 0 Å². The van der Waals surface area contributed by atoms with Crippen molar-refractivity contribution in [2.45, 2.75) is 19.0 Å². The summed E-state index contributed by atoms with van der Waals surface area (Å²) in [5, 5.41) is 6.91. The number of ether oxygens (including phenoxy) is 1. The monoisotopic (exact) mass is 350 g/mol. The normalized spacial score (nSPS) is 18.2. The minimum Gasteiger partial charge on any atom is -0.369 e. The number of hydrogen-bond donors (Lipinski definition) is 1. The maximum absolute atomic E-state index is 12.4.